The fraction of sp³-hybridized carbons (Fsp3) is 0.650. The van der Waals surface area contributed by atoms with Crippen LogP contribution in [0.4, 0.5) is 5.82 Å². The quantitative estimate of drug-likeness (QED) is 0.863. The summed E-state index contributed by atoms with van der Waals surface area (Å²) in [6.07, 6.45) is 6.37. The minimum absolute atomic E-state index is 0.105. The summed E-state index contributed by atoms with van der Waals surface area (Å²) < 4.78 is 11.3. The molecule has 2 N–H and O–H groups in total. The van der Waals surface area contributed by atoms with E-state index in [2.05, 4.69) is 33.9 Å². The Morgan fingerprint density at radius 3 is 2.67 bits per heavy atom. The smallest absolute Gasteiger partial charge is 0.247 e. The molecule has 4 rings (SSSR count). The maximum Gasteiger partial charge on any atom is 0.247 e. The van der Waals surface area contributed by atoms with Gasteiger partial charge in [0.05, 0.1) is 6.10 Å². The predicted molar refractivity (Wildman–Crippen MR) is 103 cm³/mol. The van der Waals surface area contributed by atoms with Crippen molar-refractivity contribution >= 4 is 5.82 Å². The van der Waals surface area contributed by atoms with Crippen LogP contribution in [0.1, 0.15) is 52.3 Å². The fourth-order valence-electron chi connectivity index (χ4n) is 4.15. The van der Waals surface area contributed by atoms with E-state index < -0.39 is 5.54 Å². The van der Waals surface area contributed by atoms with E-state index in [1.165, 1.54) is 19.3 Å². The number of hydrogen-bond donors (Lipinski definition) is 1. The van der Waals surface area contributed by atoms with Gasteiger partial charge >= 0.3 is 0 Å². The van der Waals surface area contributed by atoms with Crippen molar-refractivity contribution < 1.29 is 9.26 Å². The molecule has 1 aliphatic carbocycles. The Balaban J connectivity index is 1.51. The first kappa shape index (κ1) is 18.4. The summed E-state index contributed by atoms with van der Waals surface area (Å²) in [6, 6.07) is 4.04. The molecule has 2 aromatic rings. The molecular weight excluding hydrogens is 342 g/mol. The van der Waals surface area contributed by atoms with Crippen molar-refractivity contribution in [3.05, 3.63) is 24.2 Å². The van der Waals surface area contributed by atoms with Crippen LogP contribution in [-0.2, 0) is 10.3 Å². The number of nitrogens with zero attached hydrogens (tertiary/aromatic N) is 4. The number of nitrogens with two attached hydrogens (primary N) is 1. The molecule has 0 bridgehead atoms. The molecule has 0 radical (unpaired) electrons. The number of anilines is 1. The van der Waals surface area contributed by atoms with Gasteiger partial charge in [-0.15, -0.1) is 0 Å². The van der Waals surface area contributed by atoms with Crippen LogP contribution in [0, 0.1) is 5.41 Å². The van der Waals surface area contributed by atoms with Crippen LogP contribution in [0.3, 0.4) is 0 Å². The Morgan fingerprint density at radius 1 is 1.26 bits per heavy atom. The Morgan fingerprint density at radius 2 is 2.04 bits per heavy atom. The van der Waals surface area contributed by atoms with Crippen molar-refractivity contribution in [2.45, 2.75) is 58.1 Å². The molecule has 2 atom stereocenters. The third kappa shape index (κ3) is 3.02. The van der Waals surface area contributed by atoms with Gasteiger partial charge < -0.3 is 19.9 Å². The Hall–Kier alpha value is -1.99. The average Bonchev–Trinajstić information content (AvgIpc) is 3.19. The number of pyridine rings is 1. The lowest BCUT2D eigenvalue weighted by Crippen LogP contribution is -2.67. The summed E-state index contributed by atoms with van der Waals surface area (Å²) in [6.45, 7) is 9.01. The Kier molecular flexibility index (Phi) is 4.68. The van der Waals surface area contributed by atoms with Crippen molar-refractivity contribution in [2.75, 3.05) is 24.6 Å². The molecule has 146 valence electrons. The summed E-state index contributed by atoms with van der Waals surface area (Å²) in [4.78, 5) is 11.5. The van der Waals surface area contributed by atoms with Crippen LogP contribution in [0.5, 0.6) is 0 Å². The second-order valence-corrected chi connectivity index (χ2v) is 8.22. The Bertz CT molecular complexity index is 782. The van der Waals surface area contributed by atoms with Crippen LogP contribution >= 0.6 is 0 Å². The van der Waals surface area contributed by atoms with Gasteiger partial charge in [-0.1, -0.05) is 19.0 Å². The molecule has 2 aliphatic rings. The molecule has 1 saturated carbocycles. The molecule has 1 saturated heterocycles. The van der Waals surface area contributed by atoms with Gasteiger partial charge in [-0.2, -0.15) is 4.98 Å². The zero-order chi connectivity index (χ0) is 19.1. The molecule has 2 unspecified atom stereocenters. The van der Waals surface area contributed by atoms with Gasteiger partial charge in [0.15, 0.2) is 0 Å². The van der Waals surface area contributed by atoms with Crippen molar-refractivity contribution in [1.82, 2.24) is 15.1 Å². The van der Waals surface area contributed by atoms with Gasteiger partial charge in [0.1, 0.15) is 11.4 Å². The van der Waals surface area contributed by atoms with Gasteiger partial charge in [0.25, 0.3) is 0 Å². The third-order valence-corrected chi connectivity index (χ3v) is 6.32. The second-order valence-electron chi connectivity index (χ2n) is 8.22. The fourth-order valence-corrected chi connectivity index (χ4v) is 4.15. The Labute approximate surface area is 160 Å². The molecule has 27 heavy (non-hydrogen) atoms. The highest BCUT2D eigenvalue weighted by atomic mass is 16.5. The highest BCUT2D eigenvalue weighted by molar-refractivity contribution is 5.56. The van der Waals surface area contributed by atoms with E-state index in [0.29, 0.717) is 24.7 Å². The summed E-state index contributed by atoms with van der Waals surface area (Å²) >= 11 is 0. The van der Waals surface area contributed by atoms with E-state index in [1.807, 2.05) is 25.3 Å². The second kappa shape index (κ2) is 6.87. The molecule has 3 heterocycles. The first-order valence-electron chi connectivity index (χ1n) is 9.92. The van der Waals surface area contributed by atoms with Crippen LogP contribution in [0.2, 0.25) is 0 Å². The predicted octanol–water partition coefficient (Wildman–Crippen LogP) is 3.11. The zero-order valence-corrected chi connectivity index (χ0v) is 16.4. The largest absolute Gasteiger partial charge is 0.378 e. The van der Waals surface area contributed by atoms with Crippen LogP contribution in [-0.4, -0.2) is 40.9 Å². The van der Waals surface area contributed by atoms with Crippen LogP contribution in [0.15, 0.2) is 22.9 Å². The third-order valence-electron chi connectivity index (χ3n) is 6.32. The van der Waals surface area contributed by atoms with Gasteiger partial charge in [-0.05, 0) is 38.3 Å². The number of aromatic nitrogens is 3. The van der Waals surface area contributed by atoms with Crippen LogP contribution < -0.4 is 10.6 Å². The monoisotopic (exact) mass is 371 g/mol. The first-order chi connectivity index (χ1) is 13.0. The average molecular weight is 371 g/mol. The van der Waals surface area contributed by atoms with Crippen molar-refractivity contribution in [2.24, 2.45) is 11.1 Å². The summed E-state index contributed by atoms with van der Waals surface area (Å²) in [7, 11) is 0. The maximum atomic E-state index is 6.64. The molecule has 0 amide bonds. The first-order valence-corrected chi connectivity index (χ1v) is 9.92. The molecular formula is C20H29N5O2. The topological polar surface area (TPSA) is 90.3 Å². The molecule has 1 aliphatic heterocycles. The van der Waals surface area contributed by atoms with Crippen molar-refractivity contribution in [3.63, 3.8) is 0 Å². The highest BCUT2D eigenvalue weighted by Crippen LogP contribution is 2.55. The SMILES string of the molecule is CCOC1CC(N)(c2nc(-c3ccc(N4CCCCC4)nc3)no2)C1(C)C. The number of rotatable bonds is 5. The minimum Gasteiger partial charge on any atom is -0.378 e. The van der Waals surface area contributed by atoms with E-state index in [0.717, 1.165) is 24.5 Å². The summed E-state index contributed by atoms with van der Waals surface area (Å²) in [5, 5.41) is 4.15. The zero-order valence-electron chi connectivity index (χ0n) is 16.4. The number of hydrogen-bond acceptors (Lipinski definition) is 7. The van der Waals surface area contributed by atoms with E-state index in [1.54, 1.807) is 0 Å². The summed E-state index contributed by atoms with van der Waals surface area (Å²) in [5.41, 5.74) is 6.55. The lowest BCUT2D eigenvalue weighted by atomic mass is 9.54. The molecule has 0 aromatic carbocycles. The lowest BCUT2D eigenvalue weighted by molar-refractivity contribution is -0.162. The van der Waals surface area contributed by atoms with Gasteiger partial charge in [-0.25, -0.2) is 4.98 Å². The van der Waals surface area contributed by atoms with E-state index >= 15 is 0 Å². The number of ether oxygens (including phenoxy) is 1. The molecule has 7 nitrogen and oxygen atoms in total. The number of piperidine rings is 1. The van der Waals surface area contributed by atoms with Crippen LogP contribution in [0.25, 0.3) is 11.4 Å². The molecule has 7 heteroatoms. The standard InChI is InChI=1S/C20H29N5O2/c1-4-26-15-12-20(21,19(15,2)3)18-23-17(24-27-18)14-8-9-16(22-13-14)25-10-6-5-7-11-25/h8-9,13,15H,4-7,10-12,21H2,1-3H3. The molecule has 2 fully saturated rings. The van der Waals surface area contributed by atoms with Gasteiger partial charge in [0.2, 0.25) is 11.7 Å². The summed E-state index contributed by atoms with van der Waals surface area (Å²) in [5.74, 6) is 2.01. The van der Waals surface area contributed by atoms with Gasteiger partial charge in [0, 0.05) is 43.3 Å². The molecule has 0 spiro atoms. The maximum absolute atomic E-state index is 6.64. The van der Waals surface area contributed by atoms with Crippen molar-refractivity contribution in [1.29, 1.82) is 0 Å². The van der Waals surface area contributed by atoms with Crippen molar-refractivity contribution in [3.8, 4) is 11.4 Å². The highest BCUT2D eigenvalue weighted by Gasteiger charge is 2.62. The van der Waals surface area contributed by atoms with E-state index in [-0.39, 0.29) is 11.5 Å². The van der Waals surface area contributed by atoms with E-state index in [4.69, 9.17) is 15.0 Å². The minimum atomic E-state index is -0.667. The van der Waals surface area contributed by atoms with Gasteiger partial charge in [-0.3, -0.25) is 0 Å². The van der Waals surface area contributed by atoms with E-state index in [9.17, 15) is 0 Å². The normalized spacial score (nSPS) is 27.4. The molecule has 2 aromatic heterocycles. The lowest BCUT2D eigenvalue weighted by Gasteiger charge is -2.56.